The summed E-state index contributed by atoms with van der Waals surface area (Å²) in [6.45, 7) is 7.48. The number of carboxylic acid groups (broad SMARTS) is 1. The van der Waals surface area contributed by atoms with Gasteiger partial charge in [-0.2, -0.15) is 0 Å². The largest absolute Gasteiger partial charge is 0.481 e. The highest BCUT2D eigenvalue weighted by molar-refractivity contribution is 5.74. The van der Waals surface area contributed by atoms with Crippen LogP contribution in [0.2, 0.25) is 0 Å². The van der Waals surface area contributed by atoms with E-state index in [2.05, 4.69) is 11.2 Å². The molecule has 0 spiro atoms. The van der Waals surface area contributed by atoms with Crippen molar-refractivity contribution < 1.29 is 14.7 Å². The van der Waals surface area contributed by atoms with Gasteiger partial charge in [0.15, 0.2) is 0 Å². The van der Waals surface area contributed by atoms with E-state index in [1.165, 1.54) is 0 Å². The molecule has 0 rings (SSSR count). The van der Waals surface area contributed by atoms with Crippen LogP contribution in [-0.2, 0) is 4.79 Å². The van der Waals surface area contributed by atoms with Crippen molar-refractivity contribution in [3.63, 3.8) is 0 Å². The number of hydrogen-bond acceptors (Lipinski definition) is 2. The maximum absolute atomic E-state index is 11.9. The van der Waals surface area contributed by atoms with E-state index in [1.807, 2.05) is 20.8 Å². The zero-order chi connectivity index (χ0) is 15.6. The highest BCUT2D eigenvalue weighted by Gasteiger charge is 2.20. The molecular weight excluding hydrogens is 256 g/mol. The van der Waals surface area contributed by atoms with Gasteiger partial charge in [0, 0.05) is 19.5 Å². The third kappa shape index (κ3) is 8.41. The molecule has 0 saturated heterocycles. The van der Waals surface area contributed by atoms with Crippen LogP contribution in [0.25, 0.3) is 0 Å². The van der Waals surface area contributed by atoms with Gasteiger partial charge in [-0.15, -0.1) is 6.42 Å². The van der Waals surface area contributed by atoms with Crippen LogP contribution < -0.4 is 5.32 Å². The van der Waals surface area contributed by atoms with Crippen molar-refractivity contribution >= 4 is 12.0 Å². The molecule has 20 heavy (non-hydrogen) atoms. The maximum atomic E-state index is 11.9. The number of nitrogens with zero attached hydrogens (tertiary/aromatic N) is 1. The quantitative estimate of drug-likeness (QED) is 0.638. The van der Waals surface area contributed by atoms with Crippen LogP contribution in [0.15, 0.2) is 0 Å². The predicted molar refractivity (Wildman–Crippen MR) is 79.4 cm³/mol. The molecular formula is C15H26N2O3. The highest BCUT2D eigenvalue weighted by Crippen LogP contribution is 2.25. The summed E-state index contributed by atoms with van der Waals surface area (Å²) in [6, 6.07) is -0.154. The Morgan fingerprint density at radius 3 is 2.50 bits per heavy atom. The number of rotatable bonds is 9. The molecule has 0 aromatic heterocycles. The second kappa shape index (κ2) is 9.24. The fraction of sp³-hybridized carbons (Fsp3) is 0.733. The molecule has 0 aliphatic rings. The van der Waals surface area contributed by atoms with E-state index in [1.54, 1.807) is 4.90 Å². The van der Waals surface area contributed by atoms with Crippen LogP contribution in [0.1, 0.15) is 46.5 Å². The van der Waals surface area contributed by atoms with Crippen molar-refractivity contribution in [1.29, 1.82) is 0 Å². The lowest BCUT2D eigenvalue weighted by molar-refractivity contribution is -0.137. The molecule has 0 aromatic rings. The lowest BCUT2D eigenvalue weighted by Gasteiger charge is -2.25. The van der Waals surface area contributed by atoms with E-state index in [-0.39, 0.29) is 17.9 Å². The Kier molecular flexibility index (Phi) is 8.46. The molecule has 114 valence electrons. The smallest absolute Gasteiger partial charge is 0.318 e. The Morgan fingerprint density at radius 1 is 1.35 bits per heavy atom. The first-order valence-corrected chi connectivity index (χ1v) is 7.00. The summed E-state index contributed by atoms with van der Waals surface area (Å²) in [5.74, 6) is 1.69. The number of carbonyl (C=O) groups excluding carboxylic acids is 1. The topological polar surface area (TPSA) is 69.6 Å². The van der Waals surface area contributed by atoms with Crippen LogP contribution in [0, 0.1) is 17.8 Å². The van der Waals surface area contributed by atoms with Gasteiger partial charge < -0.3 is 15.3 Å². The Bertz CT molecular complexity index is 359. The summed E-state index contributed by atoms with van der Waals surface area (Å²) < 4.78 is 0. The molecule has 0 fully saturated rings. The fourth-order valence-electron chi connectivity index (χ4n) is 1.82. The van der Waals surface area contributed by atoms with Crippen LogP contribution in [0.3, 0.4) is 0 Å². The average molecular weight is 282 g/mol. The van der Waals surface area contributed by atoms with E-state index >= 15 is 0 Å². The summed E-state index contributed by atoms with van der Waals surface area (Å²) in [5.41, 5.74) is -0.104. The van der Waals surface area contributed by atoms with Gasteiger partial charge in [0.1, 0.15) is 0 Å². The van der Waals surface area contributed by atoms with E-state index in [0.717, 1.165) is 12.8 Å². The molecule has 5 nitrogen and oxygen atoms in total. The van der Waals surface area contributed by atoms with Gasteiger partial charge in [-0.05, 0) is 24.7 Å². The van der Waals surface area contributed by atoms with Gasteiger partial charge in [0.2, 0.25) is 0 Å². The number of amides is 2. The van der Waals surface area contributed by atoms with E-state index in [9.17, 15) is 9.59 Å². The lowest BCUT2D eigenvalue weighted by Crippen LogP contribution is -2.41. The third-order valence-corrected chi connectivity index (χ3v) is 3.16. The van der Waals surface area contributed by atoms with Crippen LogP contribution >= 0.6 is 0 Å². The molecule has 0 aliphatic heterocycles. The minimum atomic E-state index is -0.787. The minimum absolute atomic E-state index is 0.104. The molecule has 2 amide bonds. The van der Waals surface area contributed by atoms with Gasteiger partial charge in [-0.25, -0.2) is 4.79 Å². The molecule has 0 saturated carbocycles. The SMILES string of the molecule is C#CCN(CCC)C(=O)NCCC(C)(C)CCC(=O)O. The molecule has 2 N–H and O–H groups in total. The van der Waals surface area contributed by atoms with Crippen molar-refractivity contribution in [2.45, 2.75) is 46.5 Å². The van der Waals surface area contributed by atoms with E-state index in [4.69, 9.17) is 11.5 Å². The number of hydrogen-bond donors (Lipinski definition) is 2. The number of nitrogens with one attached hydrogen (secondary N) is 1. The van der Waals surface area contributed by atoms with Crippen LogP contribution in [0.5, 0.6) is 0 Å². The Balaban J connectivity index is 4.11. The van der Waals surface area contributed by atoms with Crippen molar-refractivity contribution in [2.75, 3.05) is 19.6 Å². The van der Waals surface area contributed by atoms with Gasteiger partial charge >= 0.3 is 12.0 Å². The van der Waals surface area contributed by atoms with Crippen LogP contribution in [-0.4, -0.2) is 41.6 Å². The molecule has 0 bridgehead atoms. The molecule has 0 aliphatic carbocycles. The second-order valence-corrected chi connectivity index (χ2v) is 5.67. The summed E-state index contributed by atoms with van der Waals surface area (Å²) in [5, 5.41) is 11.5. The first-order valence-electron chi connectivity index (χ1n) is 7.00. The number of carbonyl (C=O) groups is 2. The zero-order valence-electron chi connectivity index (χ0n) is 12.7. The summed E-state index contributed by atoms with van der Waals surface area (Å²) in [6.07, 6.45) is 7.59. The standard InChI is InChI=1S/C15H26N2O3/c1-5-11-17(12-6-2)14(20)16-10-9-15(3,4)8-7-13(18)19/h1H,6-12H2,2-4H3,(H,16,20)(H,18,19). The van der Waals surface area contributed by atoms with Crippen LogP contribution in [0.4, 0.5) is 4.79 Å². The zero-order valence-corrected chi connectivity index (χ0v) is 12.7. The summed E-state index contributed by atoms with van der Waals surface area (Å²) in [7, 11) is 0. The number of terminal acetylenes is 1. The maximum Gasteiger partial charge on any atom is 0.318 e. The molecule has 0 heterocycles. The van der Waals surface area contributed by atoms with Crippen molar-refractivity contribution in [1.82, 2.24) is 10.2 Å². The Morgan fingerprint density at radius 2 is 2.00 bits per heavy atom. The first kappa shape index (κ1) is 18.3. The van der Waals surface area contributed by atoms with E-state index < -0.39 is 5.97 Å². The fourth-order valence-corrected chi connectivity index (χ4v) is 1.82. The number of urea groups is 1. The molecule has 0 radical (unpaired) electrons. The number of carboxylic acids is 1. The molecule has 0 unspecified atom stereocenters. The number of aliphatic carboxylic acids is 1. The van der Waals surface area contributed by atoms with Gasteiger partial charge in [0.25, 0.3) is 0 Å². The minimum Gasteiger partial charge on any atom is -0.481 e. The highest BCUT2D eigenvalue weighted by atomic mass is 16.4. The Hall–Kier alpha value is -1.70. The van der Waals surface area contributed by atoms with Crippen molar-refractivity contribution in [3.8, 4) is 12.3 Å². The first-order chi connectivity index (χ1) is 9.32. The monoisotopic (exact) mass is 282 g/mol. The van der Waals surface area contributed by atoms with Crippen molar-refractivity contribution in [3.05, 3.63) is 0 Å². The average Bonchev–Trinajstić information content (AvgIpc) is 2.36. The Labute approximate surface area is 121 Å². The van der Waals surface area contributed by atoms with Gasteiger partial charge in [-0.1, -0.05) is 26.7 Å². The molecule has 0 atom stereocenters. The summed E-state index contributed by atoms with van der Waals surface area (Å²) >= 11 is 0. The lowest BCUT2D eigenvalue weighted by atomic mass is 9.84. The second-order valence-electron chi connectivity index (χ2n) is 5.67. The van der Waals surface area contributed by atoms with Gasteiger partial charge in [-0.3, -0.25) is 4.79 Å². The molecule has 5 heteroatoms. The summed E-state index contributed by atoms with van der Waals surface area (Å²) in [4.78, 5) is 24.1. The normalized spacial score (nSPS) is 10.7. The van der Waals surface area contributed by atoms with Crippen molar-refractivity contribution in [2.24, 2.45) is 5.41 Å². The predicted octanol–water partition coefficient (Wildman–Crippen LogP) is 2.32. The third-order valence-electron chi connectivity index (χ3n) is 3.16. The molecule has 0 aromatic carbocycles. The van der Waals surface area contributed by atoms with E-state index in [0.29, 0.717) is 26.1 Å². The van der Waals surface area contributed by atoms with Gasteiger partial charge in [0.05, 0.1) is 6.54 Å².